The Labute approximate surface area is 185 Å². The molecule has 0 spiro atoms. The van der Waals surface area contributed by atoms with Crippen LogP contribution in [-0.2, 0) is 21.8 Å². The average Bonchev–Trinajstić information content (AvgIpc) is 2.98. The van der Waals surface area contributed by atoms with Gasteiger partial charge in [-0.15, -0.1) is 0 Å². The number of aromatic nitrogens is 3. The Bertz CT molecular complexity index is 1290. The van der Waals surface area contributed by atoms with Gasteiger partial charge in [0.25, 0.3) is 5.56 Å². The summed E-state index contributed by atoms with van der Waals surface area (Å²) >= 11 is 6.31. The van der Waals surface area contributed by atoms with E-state index in [0.29, 0.717) is 34.7 Å². The van der Waals surface area contributed by atoms with Gasteiger partial charge in [0.15, 0.2) is 11.9 Å². The zero-order valence-corrected chi connectivity index (χ0v) is 19.1. The SMILES string of the molecule is CN(c1ccccc1Nc1cc(Cl)nc2c1c(=O)n(C)n2C1CCCCO1)S(C)(=O)=O. The number of benzene rings is 1. The Morgan fingerprint density at radius 2 is 2.00 bits per heavy atom. The van der Waals surface area contributed by atoms with E-state index in [4.69, 9.17) is 16.3 Å². The highest BCUT2D eigenvalue weighted by molar-refractivity contribution is 7.92. The number of nitrogens with one attached hydrogen (secondary N) is 1. The summed E-state index contributed by atoms with van der Waals surface area (Å²) in [5, 5.41) is 3.76. The van der Waals surface area contributed by atoms with Gasteiger partial charge in [0.2, 0.25) is 10.0 Å². The van der Waals surface area contributed by atoms with Gasteiger partial charge in [-0.1, -0.05) is 23.7 Å². The summed E-state index contributed by atoms with van der Waals surface area (Å²) in [6.45, 7) is 0.620. The maximum atomic E-state index is 13.1. The van der Waals surface area contributed by atoms with E-state index in [2.05, 4.69) is 10.3 Å². The summed E-state index contributed by atoms with van der Waals surface area (Å²) in [6.07, 6.45) is 3.58. The Morgan fingerprint density at radius 1 is 1.26 bits per heavy atom. The van der Waals surface area contributed by atoms with Crippen LogP contribution < -0.4 is 15.2 Å². The second-order valence-electron chi connectivity index (χ2n) is 7.56. The maximum absolute atomic E-state index is 13.1. The van der Waals surface area contributed by atoms with Gasteiger partial charge in [-0.2, -0.15) is 0 Å². The van der Waals surface area contributed by atoms with Crippen molar-refractivity contribution in [2.45, 2.75) is 25.5 Å². The van der Waals surface area contributed by atoms with E-state index >= 15 is 0 Å². The number of fused-ring (bicyclic) bond motifs is 1. The first-order chi connectivity index (χ1) is 14.7. The topological polar surface area (TPSA) is 98.5 Å². The third-order valence-corrected chi connectivity index (χ3v) is 6.84. The highest BCUT2D eigenvalue weighted by atomic mass is 35.5. The van der Waals surface area contributed by atoms with Gasteiger partial charge in [-0.05, 0) is 37.5 Å². The highest BCUT2D eigenvalue weighted by Crippen LogP contribution is 2.34. The van der Waals surface area contributed by atoms with Gasteiger partial charge in [0.1, 0.15) is 10.5 Å². The minimum Gasteiger partial charge on any atom is -0.357 e. The summed E-state index contributed by atoms with van der Waals surface area (Å²) in [5.74, 6) is 0. The predicted octanol–water partition coefficient (Wildman–Crippen LogP) is 3.23. The maximum Gasteiger partial charge on any atom is 0.278 e. The molecule has 1 unspecified atom stereocenters. The molecular formula is C20H24ClN5O4S. The summed E-state index contributed by atoms with van der Waals surface area (Å²) in [4.78, 5) is 17.6. The number of halogens is 1. The molecule has 11 heteroatoms. The van der Waals surface area contributed by atoms with E-state index in [0.717, 1.165) is 25.5 Å². The molecule has 1 fully saturated rings. The van der Waals surface area contributed by atoms with Crippen LogP contribution in [-0.4, -0.2) is 42.7 Å². The standard InChI is InChI=1S/C20H24ClN5O4S/c1-24-20(27)18-14(22-13-8-4-5-9-15(13)25(2)31(3,28)29)12-16(21)23-19(18)26(24)17-10-6-7-11-30-17/h4-5,8-9,12,17H,6-7,10-11H2,1-3H3,(H,22,23). The molecule has 3 aromatic rings. The third kappa shape index (κ3) is 4.02. The fourth-order valence-corrected chi connectivity index (χ4v) is 4.51. The molecule has 166 valence electrons. The minimum absolute atomic E-state index is 0.208. The molecule has 1 saturated heterocycles. The monoisotopic (exact) mass is 465 g/mol. The number of hydrogen-bond acceptors (Lipinski definition) is 6. The van der Waals surface area contributed by atoms with Crippen LogP contribution in [0.25, 0.3) is 11.0 Å². The first kappa shape index (κ1) is 21.7. The van der Waals surface area contributed by atoms with Crippen LogP contribution >= 0.6 is 11.6 Å². The smallest absolute Gasteiger partial charge is 0.278 e. The van der Waals surface area contributed by atoms with Crippen LogP contribution in [0.5, 0.6) is 0 Å². The second kappa shape index (κ2) is 8.18. The molecule has 4 rings (SSSR count). The molecule has 0 radical (unpaired) electrons. The largest absolute Gasteiger partial charge is 0.357 e. The van der Waals surface area contributed by atoms with Gasteiger partial charge in [0, 0.05) is 20.7 Å². The van der Waals surface area contributed by atoms with E-state index in [1.54, 1.807) is 42.1 Å². The summed E-state index contributed by atoms with van der Waals surface area (Å²) < 4.78 is 34.4. The number of sulfonamides is 1. The molecule has 31 heavy (non-hydrogen) atoms. The molecule has 2 aromatic heterocycles. The van der Waals surface area contributed by atoms with E-state index in [-0.39, 0.29) is 16.9 Å². The normalized spacial score (nSPS) is 17.1. The lowest BCUT2D eigenvalue weighted by molar-refractivity contribution is -0.0431. The lowest BCUT2D eigenvalue weighted by atomic mass is 10.2. The van der Waals surface area contributed by atoms with Crippen molar-refractivity contribution in [1.82, 2.24) is 14.3 Å². The van der Waals surface area contributed by atoms with E-state index < -0.39 is 10.0 Å². The molecule has 0 amide bonds. The van der Waals surface area contributed by atoms with Gasteiger partial charge >= 0.3 is 0 Å². The number of nitrogens with zero attached hydrogens (tertiary/aromatic N) is 4. The lowest BCUT2D eigenvalue weighted by Crippen LogP contribution is -2.27. The first-order valence-electron chi connectivity index (χ1n) is 9.88. The Kier molecular flexibility index (Phi) is 5.71. The van der Waals surface area contributed by atoms with Gasteiger partial charge in [-0.25, -0.2) is 22.8 Å². The summed E-state index contributed by atoms with van der Waals surface area (Å²) in [7, 11) is -0.333. The van der Waals surface area contributed by atoms with Crippen molar-refractivity contribution in [2.24, 2.45) is 7.05 Å². The molecule has 0 saturated carbocycles. The average molecular weight is 466 g/mol. The zero-order valence-electron chi connectivity index (χ0n) is 17.5. The molecule has 1 atom stereocenters. The van der Waals surface area contributed by atoms with Crippen LogP contribution in [0.3, 0.4) is 0 Å². The van der Waals surface area contributed by atoms with E-state index in [9.17, 15) is 13.2 Å². The predicted molar refractivity (Wildman–Crippen MR) is 122 cm³/mol. The molecule has 1 N–H and O–H groups in total. The Hall–Kier alpha value is -2.56. The zero-order chi connectivity index (χ0) is 22.3. The molecule has 1 aliphatic rings. The number of hydrogen-bond donors (Lipinski definition) is 1. The minimum atomic E-state index is -3.48. The number of anilines is 3. The molecule has 1 aromatic carbocycles. The van der Waals surface area contributed by atoms with Crippen molar-refractivity contribution in [1.29, 1.82) is 0 Å². The van der Waals surface area contributed by atoms with Crippen LogP contribution in [0.2, 0.25) is 5.15 Å². The molecule has 3 heterocycles. The lowest BCUT2D eigenvalue weighted by Gasteiger charge is -2.25. The van der Waals surface area contributed by atoms with Crippen molar-refractivity contribution >= 4 is 49.7 Å². The summed E-state index contributed by atoms with van der Waals surface area (Å²) in [6, 6.07) is 8.51. The Balaban J connectivity index is 1.87. The highest BCUT2D eigenvalue weighted by Gasteiger charge is 2.25. The van der Waals surface area contributed by atoms with Crippen LogP contribution in [0.4, 0.5) is 17.1 Å². The van der Waals surface area contributed by atoms with E-state index in [1.165, 1.54) is 16.0 Å². The van der Waals surface area contributed by atoms with Crippen LogP contribution in [0.1, 0.15) is 25.5 Å². The van der Waals surface area contributed by atoms with Crippen molar-refractivity contribution in [2.75, 3.05) is 29.5 Å². The molecule has 0 bridgehead atoms. The molecular weight excluding hydrogens is 442 g/mol. The third-order valence-electron chi connectivity index (χ3n) is 5.46. The molecule has 0 aliphatic carbocycles. The quantitative estimate of drug-likeness (QED) is 0.581. The van der Waals surface area contributed by atoms with Crippen molar-refractivity contribution in [3.63, 3.8) is 0 Å². The van der Waals surface area contributed by atoms with Crippen molar-refractivity contribution in [3.05, 3.63) is 45.8 Å². The number of rotatable bonds is 5. The van der Waals surface area contributed by atoms with Gasteiger partial charge < -0.3 is 10.1 Å². The number of ether oxygens (including phenoxy) is 1. The van der Waals surface area contributed by atoms with Crippen LogP contribution in [0.15, 0.2) is 35.1 Å². The second-order valence-corrected chi connectivity index (χ2v) is 9.96. The molecule has 1 aliphatic heterocycles. The van der Waals surface area contributed by atoms with Gasteiger partial charge in [-0.3, -0.25) is 9.10 Å². The van der Waals surface area contributed by atoms with Gasteiger partial charge in [0.05, 0.1) is 23.3 Å². The Morgan fingerprint density at radius 3 is 2.68 bits per heavy atom. The van der Waals surface area contributed by atoms with Crippen molar-refractivity contribution < 1.29 is 13.2 Å². The first-order valence-corrected chi connectivity index (χ1v) is 12.1. The summed E-state index contributed by atoms with van der Waals surface area (Å²) in [5.41, 5.74) is 1.58. The van der Waals surface area contributed by atoms with Crippen molar-refractivity contribution in [3.8, 4) is 0 Å². The number of pyridine rings is 1. The van der Waals surface area contributed by atoms with E-state index in [1.807, 2.05) is 0 Å². The fourth-order valence-electron chi connectivity index (χ4n) is 3.80. The van der Waals surface area contributed by atoms with Crippen LogP contribution in [0, 0.1) is 0 Å². The molecule has 9 nitrogen and oxygen atoms in total. The number of para-hydroxylation sites is 2. The fraction of sp³-hybridized carbons (Fsp3) is 0.400.